The Morgan fingerprint density at radius 3 is 2.25 bits per heavy atom. The molecule has 3 fully saturated rings. The molecule has 5 heteroatoms. The molecule has 2 bridgehead atoms. The highest BCUT2D eigenvalue weighted by Crippen LogP contribution is 2.46. The van der Waals surface area contributed by atoms with Crippen molar-refractivity contribution in [2.24, 2.45) is 5.41 Å². The Morgan fingerprint density at radius 2 is 1.68 bits per heavy atom. The summed E-state index contributed by atoms with van der Waals surface area (Å²) in [6.45, 7) is 10.8. The fourth-order valence-electron chi connectivity index (χ4n) is 5.62. The lowest BCUT2D eigenvalue weighted by Gasteiger charge is -2.47. The lowest BCUT2D eigenvalue weighted by Crippen LogP contribution is -2.54. The number of hydrogen-bond acceptors (Lipinski definition) is 5. The van der Waals surface area contributed by atoms with Gasteiger partial charge in [-0.3, -0.25) is 9.80 Å². The van der Waals surface area contributed by atoms with E-state index in [2.05, 4.69) is 23.6 Å². The maximum absolute atomic E-state index is 11.5. The van der Waals surface area contributed by atoms with Crippen LogP contribution in [0.3, 0.4) is 0 Å². The van der Waals surface area contributed by atoms with Gasteiger partial charge < -0.3 is 14.6 Å². The fourth-order valence-corrected chi connectivity index (χ4v) is 5.62. The summed E-state index contributed by atoms with van der Waals surface area (Å²) in [6, 6.07) is 8.97. The van der Waals surface area contributed by atoms with Crippen LogP contribution in [0.5, 0.6) is 5.75 Å². The van der Waals surface area contributed by atoms with Crippen molar-refractivity contribution >= 4 is 0 Å². The van der Waals surface area contributed by atoms with Crippen molar-refractivity contribution in [2.75, 3.05) is 46.5 Å². The molecule has 4 rings (SSSR count). The highest BCUT2D eigenvalue weighted by Gasteiger charge is 2.49. The molecule has 3 heterocycles. The topological polar surface area (TPSA) is 45.2 Å². The predicted octanol–water partition coefficient (Wildman–Crippen LogP) is 2.87. The largest absolute Gasteiger partial charge is 0.497 e. The lowest BCUT2D eigenvalue weighted by molar-refractivity contribution is -0.0689. The van der Waals surface area contributed by atoms with E-state index in [0.29, 0.717) is 12.1 Å². The Bertz CT molecular complexity index is 640. The lowest BCUT2D eigenvalue weighted by atomic mass is 9.79. The first kappa shape index (κ1) is 20.1. The summed E-state index contributed by atoms with van der Waals surface area (Å²) in [7, 11) is 1.68. The van der Waals surface area contributed by atoms with E-state index in [0.717, 1.165) is 63.5 Å². The van der Waals surface area contributed by atoms with Crippen LogP contribution in [-0.4, -0.2) is 73.5 Å². The molecule has 3 aliphatic rings. The Labute approximate surface area is 169 Å². The molecule has 3 saturated heterocycles. The Morgan fingerprint density at radius 1 is 1.07 bits per heavy atom. The minimum atomic E-state index is -0.705. The zero-order valence-corrected chi connectivity index (χ0v) is 17.7. The Kier molecular flexibility index (Phi) is 5.71. The van der Waals surface area contributed by atoms with E-state index in [1.165, 1.54) is 12.8 Å². The monoisotopic (exact) mass is 388 g/mol. The molecule has 0 unspecified atom stereocenters. The van der Waals surface area contributed by atoms with Gasteiger partial charge >= 0.3 is 0 Å². The molecule has 0 amide bonds. The van der Waals surface area contributed by atoms with E-state index >= 15 is 0 Å². The van der Waals surface area contributed by atoms with Gasteiger partial charge in [0, 0.05) is 38.3 Å². The molecule has 1 aromatic rings. The van der Waals surface area contributed by atoms with Gasteiger partial charge in [-0.05, 0) is 48.8 Å². The van der Waals surface area contributed by atoms with Gasteiger partial charge in [0.15, 0.2) is 0 Å². The van der Waals surface area contributed by atoms with Crippen LogP contribution >= 0.6 is 0 Å². The SMILES string of the molecule is COc1ccc(C2(O)C[C@@H]3CC[C@@H](C2)N3CC(C)(C)CN2CCOCC2)cc1. The molecule has 28 heavy (non-hydrogen) atoms. The van der Waals surface area contributed by atoms with Crippen molar-refractivity contribution in [3.63, 3.8) is 0 Å². The van der Waals surface area contributed by atoms with Crippen molar-refractivity contribution in [2.45, 2.75) is 57.2 Å². The summed E-state index contributed by atoms with van der Waals surface area (Å²) in [5.74, 6) is 0.845. The van der Waals surface area contributed by atoms with Crippen molar-refractivity contribution in [1.82, 2.24) is 9.80 Å². The van der Waals surface area contributed by atoms with Crippen LogP contribution in [0, 0.1) is 5.41 Å². The van der Waals surface area contributed by atoms with Gasteiger partial charge in [-0.15, -0.1) is 0 Å². The molecule has 156 valence electrons. The minimum Gasteiger partial charge on any atom is -0.497 e. The molecule has 2 atom stereocenters. The molecule has 0 radical (unpaired) electrons. The normalized spacial score (nSPS) is 31.9. The highest BCUT2D eigenvalue weighted by molar-refractivity contribution is 5.32. The number of benzene rings is 1. The number of methoxy groups -OCH3 is 1. The third-order valence-electron chi connectivity index (χ3n) is 6.91. The van der Waals surface area contributed by atoms with Crippen molar-refractivity contribution in [1.29, 1.82) is 0 Å². The molecule has 0 aromatic heterocycles. The summed E-state index contributed by atoms with van der Waals surface area (Å²) >= 11 is 0. The Balaban J connectivity index is 1.41. The van der Waals surface area contributed by atoms with Crippen LogP contribution in [0.4, 0.5) is 0 Å². The number of fused-ring (bicyclic) bond motifs is 2. The van der Waals surface area contributed by atoms with Crippen molar-refractivity contribution in [3.05, 3.63) is 29.8 Å². The zero-order chi connectivity index (χ0) is 19.8. The maximum atomic E-state index is 11.5. The first-order chi connectivity index (χ1) is 13.4. The molecule has 5 nitrogen and oxygen atoms in total. The van der Waals surface area contributed by atoms with E-state index in [1.807, 2.05) is 24.3 Å². The van der Waals surface area contributed by atoms with E-state index in [9.17, 15) is 5.11 Å². The average Bonchev–Trinajstić information content (AvgIpc) is 2.91. The van der Waals surface area contributed by atoms with Crippen LogP contribution < -0.4 is 4.74 Å². The van der Waals surface area contributed by atoms with E-state index in [-0.39, 0.29) is 5.41 Å². The third kappa shape index (κ3) is 4.23. The van der Waals surface area contributed by atoms with Gasteiger partial charge in [0.1, 0.15) is 5.75 Å². The highest BCUT2D eigenvalue weighted by atomic mass is 16.5. The minimum absolute atomic E-state index is 0.244. The maximum Gasteiger partial charge on any atom is 0.118 e. The molecular weight excluding hydrogens is 352 g/mol. The number of rotatable bonds is 6. The molecule has 0 aliphatic carbocycles. The van der Waals surface area contributed by atoms with E-state index in [1.54, 1.807) is 7.11 Å². The average molecular weight is 389 g/mol. The first-order valence-corrected chi connectivity index (χ1v) is 10.8. The quantitative estimate of drug-likeness (QED) is 0.812. The van der Waals surface area contributed by atoms with Gasteiger partial charge in [0.25, 0.3) is 0 Å². The smallest absolute Gasteiger partial charge is 0.118 e. The molecule has 3 aliphatic heterocycles. The second-order valence-electron chi connectivity index (χ2n) is 9.78. The fraction of sp³-hybridized carbons (Fsp3) is 0.739. The molecule has 0 spiro atoms. The third-order valence-corrected chi connectivity index (χ3v) is 6.91. The summed E-state index contributed by atoms with van der Waals surface area (Å²) < 4.78 is 10.8. The number of ether oxygens (including phenoxy) is 2. The summed E-state index contributed by atoms with van der Waals surface area (Å²) in [4.78, 5) is 5.25. The summed E-state index contributed by atoms with van der Waals surface area (Å²) in [6.07, 6.45) is 4.08. The number of aliphatic hydroxyl groups is 1. The van der Waals surface area contributed by atoms with Crippen molar-refractivity contribution in [3.8, 4) is 5.75 Å². The molecule has 1 N–H and O–H groups in total. The summed E-state index contributed by atoms with van der Waals surface area (Å²) in [5.41, 5.74) is 0.578. The number of piperidine rings is 1. The zero-order valence-electron chi connectivity index (χ0n) is 17.7. The standard InChI is InChI=1S/C23H36N2O3/c1-22(2,16-24-10-12-28-13-11-24)17-25-19-6-7-20(25)15-23(26,14-19)18-4-8-21(27-3)9-5-18/h4-5,8-9,19-20,26H,6-7,10-17H2,1-3H3/t19-,20-/m0/s1. The second kappa shape index (κ2) is 7.94. The van der Waals surface area contributed by atoms with Crippen LogP contribution in [0.25, 0.3) is 0 Å². The van der Waals surface area contributed by atoms with Crippen LogP contribution in [0.1, 0.15) is 45.1 Å². The predicted molar refractivity (Wildman–Crippen MR) is 111 cm³/mol. The van der Waals surface area contributed by atoms with Gasteiger partial charge in [0.2, 0.25) is 0 Å². The Hall–Kier alpha value is -1.14. The van der Waals surface area contributed by atoms with E-state index in [4.69, 9.17) is 9.47 Å². The van der Waals surface area contributed by atoms with Crippen molar-refractivity contribution < 1.29 is 14.6 Å². The number of morpholine rings is 1. The van der Waals surface area contributed by atoms with Crippen LogP contribution in [-0.2, 0) is 10.3 Å². The molecule has 1 aromatic carbocycles. The van der Waals surface area contributed by atoms with Gasteiger partial charge in [-0.2, -0.15) is 0 Å². The summed E-state index contributed by atoms with van der Waals surface area (Å²) in [5, 5.41) is 11.5. The molecule has 0 saturated carbocycles. The van der Waals surface area contributed by atoms with E-state index < -0.39 is 5.60 Å². The van der Waals surface area contributed by atoms with Crippen LogP contribution in [0.2, 0.25) is 0 Å². The van der Waals surface area contributed by atoms with Gasteiger partial charge in [-0.25, -0.2) is 0 Å². The van der Waals surface area contributed by atoms with Gasteiger partial charge in [-0.1, -0.05) is 26.0 Å². The second-order valence-corrected chi connectivity index (χ2v) is 9.78. The molecular formula is C23H36N2O3. The number of nitrogens with zero attached hydrogens (tertiary/aromatic N) is 2. The number of hydrogen-bond donors (Lipinski definition) is 1. The van der Waals surface area contributed by atoms with Gasteiger partial charge in [0.05, 0.1) is 25.9 Å². The first-order valence-electron chi connectivity index (χ1n) is 10.8. The van der Waals surface area contributed by atoms with Crippen LogP contribution in [0.15, 0.2) is 24.3 Å².